The Morgan fingerprint density at radius 3 is 2.74 bits per heavy atom. The molecule has 0 radical (unpaired) electrons. The molecule has 0 saturated carbocycles. The Bertz CT molecular complexity index is 818. The summed E-state index contributed by atoms with van der Waals surface area (Å²) in [5, 5.41) is 4.79. The predicted octanol–water partition coefficient (Wildman–Crippen LogP) is 3.46. The van der Waals surface area contributed by atoms with Gasteiger partial charge in [-0.15, -0.1) is 11.3 Å². The van der Waals surface area contributed by atoms with Crippen LogP contribution in [-0.2, 0) is 0 Å². The first-order chi connectivity index (χ1) is 11.1. The highest BCUT2D eigenvalue weighted by Gasteiger charge is 2.15. The van der Waals surface area contributed by atoms with Crippen molar-refractivity contribution in [3.05, 3.63) is 41.5 Å². The number of benzene rings is 1. The molecule has 23 heavy (non-hydrogen) atoms. The monoisotopic (exact) mass is 329 g/mol. The van der Waals surface area contributed by atoms with Gasteiger partial charge in [0.15, 0.2) is 4.96 Å². The minimum atomic E-state index is -0.0661. The van der Waals surface area contributed by atoms with Crippen LogP contribution in [0.4, 0.5) is 0 Å². The standard InChI is InChI=1S/C17H19N3O2S/c1-11(2)8-18-16(21)15-10-23-17-19-14(9-20(15)17)12-4-6-13(22-3)7-5-12/h4-7,9-11H,8H2,1-3H3,(H,18,21). The zero-order valence-electron chi connectivity index (χ0n) is 13.4. The number of imidazole rings is 1. The molecule has 0 fully saturated rings. The Hall–Kier alpha value is -2.34. The lowest BCUT2D eigenvalue weighted by molar-refractivity contribution is 0.0943. The van der Waals surface area contributed by atoms with E-state index in [1.165, 1.54) is 11.3 Å². The van der Waals surface area contributed by atoms with Crippen molar-refractivity contribution >= 4 is 22.2 Å². The number of thiazole rings is 1. The van der Waals surface area contributed by atoms with Gasteiger partial charge in [-0.1, -0.05) is 13.8 Å². The molecule has 5 nitrogen and oxygen atoms in total. The Balaban J connectivity index is 1.88. The maximum Gasteiger partial charge on any atom is 0.269 e. The second kappa shape index (κ2) is 6.42. The second-order valence-electron chi connectivity index (χ2n) is 5.73. The second-order valence-corrected chi connectivity index (χ2v) is 6.57. The molecule has 0 spiro atoms. The van der Waals surface area contributed by atoms with Crippen LogP contribution in [0.15, 0.2) is 35.8 Å². The minimum Gasteiger partial charge on any atom is -0.497 e. The normalized spacial score (nSPS) is 11.1. The van der Waals surface area contributed by atoms with E-state index >= 15 is 0 Å². The lowest BCUT2D eigenvalue weighted by Crippen LogP contribution is -2.28. The van der Waals surface area contributed by atoms with Crippen molar-refractivity contribution in [2.45, 2.75) is 13.8 Å². The van der Waals surface area contributed by atoms with Crippen LogP contribution in [0.5, 0.6) is 5.75 Å². The van der Waals surface area contributed by atoms with E-state index in [-0.39, 0.29) is 5.91 Å². The quantitative estimate of drug-likeness (QED) is 0.780. The first-order valence-corrected chi connectivity index (χ1v) is 8.35. The molecule has 2 aromatic heterocycles. The molecule has 0 unspecified atom stereocenters. The highest BCUT2D eigenvalue weighted by Crippen LogP contribution is 2.25. The summed E-state index contributed by atoms with van der Waals surface area (Å²) in [6.07, 6.45) is 1.90. The maximum atomic E-state index is 12.3. The zero-order chi connectivity index (χ0) is 16.4. The molecule has 3 aromatic rings. The highest BCUT2D eigenvalue weighted by atomic mass is 32.1. The predicted molar refractivity (Wildman–Crippen MR) is 92.2 cm³/mol. The lowest BCUT2D eigenvalue weighted by Gasteiger charge is -2.06. The largest absolute Gasteiger partial charge is 0.497 e. The topological polar surface area (TPSA) is 55.6 Å². The van der Waals surface area contributed by atoms with Crippen LogP contribution in [-0.4, -0.2) is 28.9 Å². The highest BCUT2D eigenvalue weighted by molar-refractivity contribution is 7.15. The van der Waals surface area contributed by atoms with Gasteiger partial charge in [-0.05, 0) is 30.2 Å². The van der Waals surface area contributed by atoms with Crippen LogP contribution in [0, 0.1) is 5.92 Å². The number of nitrogens with one attached hydrogen (secondary N) is 1. The van der Waals surface area contributed by atoms with Crippen LogP contribution in [0.1, 0.15) is 24.3 Å². The van der Waals surface area contributed by atoms with Gasteiger partial charge in [0.05, 0.1) is 12.8 Å². The van der Waals surface area contributed by atoms with Crippen LogP contribution >= 0.6 is 11.3 Å². The third-order valence-electron chi connectivity index (χ3n) is 3.50. The van der Waals surface area contributed by atoms with E-state index in [1.54, 1.807) is 7.11 Å². The van der Waals surface area contributed by atoms with E-state index in [0.29, 0.717) is 18.2 Å². The Kier molecular flexibility index (Phi) is 4.34. The SMILES string of the molecule is COc1ccc(-c2cn3c(C(=O)NCC(C)C)csc3n2)cc1. The smallest absolute Gasteiger partial charge is 0.269 e. The summed E-state index contributed by atoms with van der Waals surface area (Å²) in [7, 11) is 1.64. The van der Waals surface area contributed by atoms with Crippen molar-refractivity contribution in [2.75, 3.05) is 13.7 Å². The molecule has 0 aliphatic carbocycles. The number of ether oxygens (including phenoxy) is 1. The van der Waals surface area contributed by atoms with Gasteiger partial charge in [-0.2, -0.15) is 0 Å². The van der Waals surface area contributed by atoms with Gasteiger partial charge in [0.1, 0.15) is 11.4 Å². The van der Waals surface area contributed by atoms with Crippen molar-refractivity contribution in [1.29, 1.82) is 0 Å². The lowest BCUT2D eigenvalue weighted by atomic mass is 10.2. The van der Waals surface area contributed by atoms with Gasteiger partial charge in [-0.25, -0.2) is 4.98 Å². The van der Waals surface area contributed by atoms with E-state index in [1.807, 2.05) is 40.2 Å². The molecule has 1 aromatic carbocycles. The first-order valence-electron chi connectivity index (χ1n) is 7.47. The maximum absolute atomic E-state index is 12.3. The molecule has 3 rings (SSSR count). The van der Waals surface area contributed by atoms with Crippen molar-refractivity contribution in [3.63, 3.8) is 0 Å². The minimum absolute atomic E-state index is 0.0661. The van der Waals surface area contributed by atoms with E-state index in [9.17, 15) is 4.79 Å². The summed E-state index contributed by atoms with van der Waals surface area (Å²) >= 11 is 1.47. The summed E-state index contributed by atoms with van der Waals surface area (Å²) < 4.78 is 7.02. The van der Waals surface area contributed by atoms with Crippen LogP contribution in [0.3, 0.4) is 0 Å². The molecule has 1 amide bonds. The van der Waals surface area contributed by atoms with Gasteiger partial charge in [-0.3, -0.25) is 9.20 Å². The fourth-order valence-electron chi connectivity index (χ4n) is 2.24. The molecule has 6 heteroatoms. The molecule has 0 saturated heterocycles. The number of fused-ring (bicyclic) bond motifs is 1. The summed E-state index contributed by atoms with van der Waals surface area (Å²) in [4.78, 5) is 17.7. The molecule has 0 bridgehead atoms. The van der Waals surface area contributed by atoms with Crippen molar-refractivity contribution in [3.8, 4) is 17.0 Å². The summed E-state index contributed by atoms with van der Waals surface area (Å²) in [5.74, 6) is 1.16. The molecule has 0 aliphatic rings. The Labute approximate surface area is 138 Å². The number of nitrogens with zero attached hydrogens (tertiary/aromatic N) is 2. The number of carbonyl (C=O) groups excluding carboxylic acids is 1. The fraction of sp³-hybridized carbons (Fsp3) is 0.294. The summed E-state index contributed by atoms with van der Waals surface area (Å²) in [6, 6.07) is 7.73. The number of methoxy groups -OCH3 is 1. The molecule has 0 atom stereocenters. The third-order valence-corrected chi connectivity index (χ3v) is 4.34. The average molecular weight is 329 g/mol. The number of aromatic nitrogens is 2. The Morgan fingerprint density at radius 2 is 2.09 bits per heavy atom. The molecule has 1 N–H and O–H groups in total. The van der Waals surface area contributed by atoms with Crippen LogP contribution < -0.4 is 10.1 Å². The van der Waals surface area contributed by atoms with Gasteiger partial charge < -0.3 is 10.1 Å². The number of carbonyl (C=O) groups is 1. The average Bonchev–Trinajstić information content (AvgIpc) is 3.13. The van der Waals surface area contributed by atoms with Gasteiger partial charge >= 0.3 is 0 Å². The van der Waals surface area contributed by atoms with Crippen LogP contribution in [0.25, 0.3) is 16.2 Å². The number of amides is 1. The van der Waals surface area contributed by atoms with Gasteiger partial charge in [0, 0.05) is 23.7 Å². The van der Waals surface area contributed by atoms with Gasteiger partial charge in [0.25, 0.3) is 5.91 Å². The van der Waals surface area contributed by atoms with Crippen molar-refractivity contribution < 1.29 is 9.53 Å². The van der Waals surface area contributed by atoms with Gasteiger partial charge in [0.2, 0.25) is 0 Å². The van der Waals surface area contributed by atoms with E-state index in [0.717, 1.165) is 22.0 Å². The van der Waals surface area contributed by atoms with E-state index in [2.05, 4.69) is 24.1 Å². The fourth-order valence-corrected chi connectivity index (χ4v) is 3.09. The Morgan fingerprint density at radius 1 is 1.35 bits per heavy atom. The van der Waals surface area contributed by atoms with Crippen molar-refractivity contribution in [2.24, 2.45) is 5.92 Å². The van der Waals surface area contributed by atoms with Crippen LogP contribution in [0.2, 0.25) is 0 Å². The zero-order valence-corrected chi connectivity index (χ0v) is 14.2. The summed E-state index contributed by atoms with van der Waals surface area (Å²) in [6.45, 7) is 4.81. The van der Waals surface area contributed by atoms with Crippen molar-refractivity contribution in [1.82, 2.24) is 14.7 Å². The third kappa shape index (κ3) is 3.22. The molecular weight excluding hydrogens is 310 g/mol. The molecule has 120 valence electrons. The molecular formula is C17H19N3O2S. The summed E-state index contributed by atoms with van der Waals surface area (Å²) in [5.41, 5.74) is 2.46. The first kappa shape index (κ1) is 15.6. The molecule has 0 aliphatic heterocycles. The number of hydrogen-bond donors (Lipinski definition) is 1. The van der Waals surface area contributed by atoms with E-state index < -0.39 is 0 Å². The molecule has 2 heterocycles. The number of rotatable bonds is 5. The number of hydrogen-bond acceptors (Lipinski definition) is 4. The van der Waals surface area contributed by atoms with E-state index in [4.69, 9.17) is 4.74 Å².